The summed E-state index contributed by atoms with van der Waals surface area (Å²) in [5.74, 6) is 1.90. The van der Waals surface area contributed by atoms with Gasteiger partial charge in [0, 0.05) is 30.6 Å². The number of nitrogens with zero attached hydrogens (tertiary/aromatic N) is 2. The largest absolute Gasteiger partial charge is 0.495 e. The van der Waals surface area contributed by atoms with E-state index in [1.165, 1.54) is 50.8 Å². The van der Waals surface area contributed by atoms with Crippen LogP contribution in [0.4, 0.5) is 5.69 Å². The van der Waals surface area contributed by atoms with Crippen LogP contribution in [-0.4, -0.2) is 50.8 Å². The van der Waals surface area contributed by atoms with Crippen LogP contribution in [0.15, 0.2) is 12.1 Å². The molecule has 1 aromatic rings. The maximum absolute atomic E-state index is 6.18. The molecule has 0 spiro atoms. The zero-order valence-electron chi connectivity index (χ0n) is 16.3. The van der Waals surface area contributed by atoms with Crippen LogP contribution in [-0.2, 0) is 11.8 Å². The third kappa shape index (κ3) is 2.34. The van der Waals surface area contributed by atoms with Crippen LogP contribution in [0.1, 0.15) is 49.7 Å². The highest BCUT2D eigenvalue weighted by Gasteiger charge is 2.53. The number of hydrogen-bond donors (Lipinski definition) is 1. The molecule has 4 atom stereocenters. The smallest absolute Gasteiger partial charge is 0.142 e. The fourth-order valence-electron chi connectivity index (χ4n) is 6.64. The van der Waals surface area contributed by atoms with Crippen molar-refractivity contribution in [3.05, 3.63) is 23.3 Å². The van der Waals surface area contributed by atoms with E-state index in [1.54, 1.807) is 11.1 Å². The second-order valence-corrected chi connectivity index (χ2v) is 9.19. The lowest BCUT2D eigenvalue weighted by Gasteiger charge is -2.58. The zero-order valence-corrected chi connectivity index (χ0v) is 16.3. The molecule has 5 rings (SSSR count). The molecular weight excluding hydrogens is 322 g/mol. The van der Waals surface area contributed by atoms with Crippen LogP contribution in [0.3, 0.4) is 0 Å². The average molecular weight is 356 g/mol. The molecule has 2 unspecified atom stereocenters. The maximum atomic E-state index is 6.18. The number of rotatable bonds is 2. The van der Waals surface area contributed by atoms with Crippen LogP contribution in [0, 0.1) is 5.92 Å². The van der Waals surface area contributed by atoms with Crippen LogP contribution in [0.5, 0.6) is 5.75 Å². The van der Waals surface area contributed by atoms with Gasteiger partial charge in [-0.2, -0.15) is 0 Å². The SMILES string of the molecule is COc1cc2c(cc1N1CCC(N)C1)C[C@H]1C3CCCC[C@@]23CCN1C. The predicted octanol–water partition coefficient (Wildman–Crippen LogP) is 2.92. The van der Waals surface area contributed by atoms with E-state index in [0.29, 0.717) is 11.5 Å². The summed E-state index contributed by atoms with van der Waals surface area (Å²) >= 11 is 0. The Labute approximate surface area is 157 Å². The molecule has 0 radical (unpaired) electrons. The molecule has 2 aliphatic heterocycles. The first-order valence-corrected chi connectivity index (χ1v) is 10.5. The topological polar surface area (TPSA) is 41.7 Å². The van der Waals surface area contributed by atoms with Gasteiger partial charge in [-0.25, -0.2) is 0 Å². The number of ether oxygens (including phenoxy) is 1. The summed E-state index contributed by atoms with van der Waals surface area (Å²) in [7, 11) is 4.18. The Hall–Kier alpha value is -1.26. The molecule has 4 heteroatoms. The van der Waals surface area contributed by atoms with Crippen molar-refractivity contribution in [1.29, 1.82) is 0 Å². The van der Waals surface area contributed by atoms with E-state index in [4.69, 9.17) is 10.5 Å². The van der Waals surface area contributed by atoms with Gasteiger partial charge in [-0.15, -0.1) is 0 Å². The monoisotopic (exact) mass is 355 g/mol. The van der Waals surface area contributed by atoms with Gasteiger partial charge in [-0.3, -0.25) is 0 Å². The van der Waals surface area contributed by atoms with Crippen molar-refractivity contribution in [3.8, 4) is 5.75 Å². The Balaban J connectivity index is 1.62. The number of likely N-dealkylation sites (tertiary alicyclic amines) is 1. The van der Waals surface area contributed by atoms with Gasteiger partial charge in [-0.1, -0.05) is 12.8 Å². The van der Waals surface area contributed by atoms with Crippen molar-refractivity contribution in [2.45, 2.75) is 62.4 Å². The first-order chi connectivity index (χ1) is 12.6. The molecule has 1 saturated carbocycles. The Bertz CT molecular complexity index is 705. The van der Waals surface area contributed by atoms with Crippen molar-refractivity contribution < 1.29 is 4.74 Å². The normalized spacial score (nSPS) is 36.6. The number of piperidine rings is 1. The number of nitrogens with two attached hydrogens (primary N) is 1. The van der Waals surface area contributed by atoms with Crippen molar-refractivity contribution >= 4 is 5.69 Å². The molecule has 2 aliphatic carbocycles. The van der Waals surface area contributed by atoms with Gasteiger partial charge in [0.25, 0.3) is 0 Å². The highest BCUT2D eigenvalue weighted by molar-refractivity contribution is 5.65. The maximum Gasteiger partial charge on any atom is 0.142 e. The fourth-order valence-corrected chi connectivity index (χ4v) is 6.64. The van der Waals surface area contributed by atoms with E-state index in [1.807, 2.05) is 7.11 Å². The lowest BCUT2D eigenvalue weighted by molar-refractivity contribution is 0.00276. The highest BCUT2D eigenvalue weighted by Crippen LogP contribution is 2.56. The van der Waals surface area contributed by atoms with Gasteiger partial charge in [0.05, 0.1) is 12.8 Å². The summed E-state index contributed by atoms with van der Waals surface area (Å²) in [4.78, 5) is 5.08. The molecule has 2 N–H and O–H groups in total. The molecule has 2 saturated heterocycles. The second-order valence-electron chi connectivity index (χ2n) is 9.19. The van der Waals surface area contributed by atoms with Crippen LogP contribution >= 0.6 is 0 Å². The number of likely N-dealkylation sites (N-methyl/N-ethyl adjacent to an activating group) is 1. The van der Waals surface area contributed by atoms with Crippen LogP contribution < -0.4 is 15.4 Å². The summed E-state index contributed by atoms with van der Waals surface area (Å²) in [6, 6.07) is 5.90. The highest BCUT2D eigenvalue weighted by atomic mass is 16.5. The van der Waals surface area contributed by atoms with Gasteiger partial charge >= 0.3 is 0 Å². The summed E-state index contributed by atoms with van der Waals surface area (Å²) in [5, 5.41) is 0. The number of fused-ring (bicyclic) bond motifs is 1. The summed E-state index contributed by atoms with van der Waals surface area (Å²) in [5.41, 5.74) is 11.1. The molecule has 2 bridgehead atoms. The molecule has 1 aromatic carbocycles. The predicted molar refractivity (Wildman–Crippen MR) is 106 cm³/mol. The molecule has 3 fully saturated rings. The summed E-state index contributed by atoms with van der Waals surface area (Å²) in [6.07, 6.45) is 9.16. The minimum atomic E-state index is 0.294. The minimum Gasteiger partial charge on any atom is -0.495 e. The van der Waals surface area contributed by atoms with E-state index in [2.05, 4.69) is 29.0 Å². The van der Waals surface area contributed by atoms with E-state index in [0.717, 1.165) is 37.2 Å². The average Bonchev–Trinajstić information content (AvgIpc) is 3.10. The third-order valence-corrected chi connectivity index (χ3v) is 7.97. The van der Waals surface area contributed by atoms with Crippen molar-refractivity contribution in [1.82, 2.24) is 4.90 Å². The molecule has 0 aromatic heterocycles. The third-order valence-electron chi connectivity index (χ3n) is 7.97. The Kier molecular flexibility index (Phi) is 3.98. The van der Waals surface area contributed by atoms with Gasteiger partial charge < -0.3 is 20.3 Å². The Morgan fingerprint density at radius 1 is 1.15 bits per heavy atom. The van der Waals surface area contributed by atoms with Gasteiger partial charge in [0.2, 0.25) is 0 Å². The van der Waals surface area contributed by atoms with E-state index in [9.17, 15) is 0 Å². The van der Waals surface area contributed by atoms with Crippen LogP contribution in [0.2, 0.25) is 0 Å². The summed E-state index contributed by atoms with van der Waals surface area (Å²) in [6.45, 7) is 3.24. The van der Waals surface area contributed by atoms with Crippen molar-refractivity contribution in [3.63, 3.8) is 0 Å². The lowest BCUT2D eigenvalue weighted by atomic mass is 9.52. The lowest BCUT2D eigenvalue weighted by Crippen LogP contribution is -2.59. The zero-order chi connectivity index (χ0) is 17.9. The molecule has 2 heterocycles. The first-order valence-electron chi connectivity index (χ1n) is 10.5. The van der Waals surface area contributed by atoms with Gasteiger partial charge in [-0.05, 0) is 74.9 Å². The van der Waals surface area contributed by atoms with Crippen molar-refractivity contribution in [2.75, 3.05) is 38.7 Å². The number of hydrogen-bond acceptors (Lipinski definition) is 4. The van der Waals surface area contributed by atoms with E-state index in [-0.39, 0.29) is 0 Å². The Morgan fingerprint density at radius 2 is 2.04 bits per heavy atom. The van der Waals surface area contributed by atoms with Crippen LogP contribution in [0.25, 0.3) is 0 Å². The van der Waals surface area contributed by atoms with Crippen molar-refractivity contribution in [2.24, 2.45) is 11.7 Å². The molecule has 142 valence electrons. The number of benzene rings is 1. The molecule has 4 aliphatic rings. The van der Waals surface area contributed by atoms with Gasteiger partial charge in [0.1, 0.15) is 5.75 Å². The first kappa shape index (κ1) is 16.9. The van der Waals surface area contributed by atoms with E-state index < -0.39 is 0 Å². The molecular formula is C22H33N3O. The minimum absolute atomic E-state index is 0.294. The molecule has 0 amide bonds. The van der Waals surface area contributed by atoms with Gasteiger partial charge in [0.15, 0.2) is 0 Å². The quantitative estimate of drug-likeness (QED) is 0.886. The molecule has 4 nitrogen and oxygen atoms in total. The molecule has 26 heavy (non-hydrogen) atoms. The number of anilines is 1. The second kappa shape index (κ2) is 6.13. The number of methoxy groups -OCH3 is 1. The Morgan fingerprint density at radius 3 is 2.81 bits per heavy atom. The fraction of sp³-hybridized carbons (Fsp3) is 0.727. The summed E-state index contributed by atoms with van der Waals surface area (Å²) < 4.78 is 5.90. The van der Waals surface area contributed by atoms with E-state index >= 15 is 0 Å². The standard InChI is InChI=1S/C22H33N3O/c1-24-10-8-22-7-4-3-5-17(22)19(24)11-15-12-20(21(26-2)13-18(15)22)25-9-6-16(23)14-25/h12-13,16-17,19H,3-11,14,23H2,1-2H3/t16?,17?,19-,22-/m0/s1.